The highest BCUT2D eigenvalue weighted by Gasteiger charge is 2.34. The lowest BCUT2D eigenvalue weighted by Gasteiger charge is -2.09. The van der Waals surface area contributed by atoms with E-state index in [1.807, 2.05) is 0 Å². The number of halogens is 5. The lowest BCUT2D eigenvalue weighted by Crippen LogP contribution is -2.06. The van der Waals surface area contributed by atoms with Crippen LogP contribution in [0.5, 0.6) is 0 Å². The number of rotatable bonds is 1. The molecule has 1 aromatic rings. The predicted octanol–water partition coefficient (Wildman–Crippen LogP) is 3.97. The summed E-state index contributed by atoms with van der Waals surface area (Å²) in [7, 11) is 0. The van der Waals surface area contributed by atoms with Gasteiger partial charge in [-0.25, -0.2) is 4.39 Å². The Morgan fingerprint density at radius 1 is 1.29 bits per heavy atom. The van der Waals surface area contributed by atoms with Crippen molar-refractivity contribution in [3.05, 3.63) is 28.0 Å². The molecular formula is C7H2BrF4NS. The molecule has 7 heteroatoms. The third kappa shape index (κ3) is 2.27. The van der Waals surface area contributed by atoms with E-state index in [0.717, 1.165) is 6.07 Å². The zero-order chi connectivity index (χ0) is 10.9. The van der Waals surface area contributed by atoms with Gasteiger partial charge in [-0.1, -0.05) is 0 Å². The van der Waals surface area contributed by atoms with Gasteiger partial charge in [0.2, 0.25) is 0 Å². The molecule has 0 bridgehead atoms. The molecule has 0 aromatic heterocycles. The predicted molar refractivity (Wildman–Crippen MR) is 48.6 cm³/mol. The van der Waals surface area contributed by atoms with E-state index in [9.17, 15) is 17.6 Å². The second kappa shape index (κ2) is 3.90. The third-order valence-electron chi connectivity index (χ3n) is 1.42. The van der Waals surface area contributed by atoms with Crippen molar-refractivity contribution in [2.75, 3.05) is 0 Å². The molecule has 0 atom stereocenters. The third-order valence-corrected chi connectivity index (χ3v) is 2.44. The van der Waals surface area contributed by atoms with Crippen LogP contribution in [0.25, 0.3) is 0 Å². The molecule has 0 fully saturated rings. The van der Waals surface area contributed by atoms with Crippen molar-refractivity contribution in [3.8, 4) is 0 Å². The zero-order valence-corrected chi connectivity index (χ0v) is 8.80. The molecule has 1 nitrogen and oxygen atoms in total. The summed E-state index contributed by atoms with van der Waals surface area (Å²) < 4.78 is 52.2. The number of alkyl halides is 3. The topological polar surface area (TPSA) is 12.4 Å². The van der Waals surface area contributed by atoms with Gasteiger partial charge in [0, 0.05) is 18.5 Å². The summed E-state index contributed by atoms with van der Waals surface area (Å²) in [5.74, 6) is -1.04. The van der Waals surface area contributed by atoms with Gasteiger partial charge >= 0.3 is 6.18 Å². The first-order chi connectivity index (χ1) is 6.36. The van der Waals surface area contributed by atoms with E-state index in [4.69, 9.17) is 0 Å². The van der Waals surface area contributed by atoms with Crippen LogP contribution in [0, 0.1) is 5.82 Å². The first kappa shape index (κ1) is 11.5. The summed E-state index contributed by atoms with van der Waals surface area (Å²) in [6, 6.07) is 1.51. The molecule has 0 aliphatic carbocycles. The van der Waals surface area contributed by atoms with Gasteiger partial charge < -0.3 is 0 Å². The fourth-order valence-electron chi connectivity index (χ4n) is 0.834. The maximum Gasteiger partial charge on any atom is 0.417 e. The molecule has 0 amide bonds. The minimum absolute atomic E-state index is 0.229. The van der Waals surface area contributed by atoms with E-state index in [-0.39, 0.29) is 5.69 Å². The SMILES string of the molecule is Fc1cc(N=S)cc(C(F)(F)F)c1Br. The monoisotopic (exact) mass is 287 g/mol. The average Bonchev–Trinajstić information content (AvgIpc) is 2.07. The van der Waals surface area contributed by atoms with Crippen molar-refractivity contribution >= 4 is 34.0 Å². The van der Waals surface area contributed by atoms with Crippen LogP contribution in [0.4, 0.5) is 23.2 Å². The lowest BCUT2D eigenvalue weighted by molar-refractivity contribution is -0.138. The molecule has 0 aliphatic heterocycles. The van der Waals surface area contributed by atoms with Gasteiger partial charge in [-0.3, -0.25) is 0 Å². The Balaban J connectivity index is 3.42. The van der Waals surface area contributed by atoms with Crippen molar-refractivity contribution in [1.29, 1.82) is 0 Å². The highest BCUT2D eigenvalue weighted by molar-refractivity contribution is 9.10. The number of nitrogens with zero attached hydrogens (tertiary/aromatic N) is 1. The van der Waals surface area contributed by atoms with Crippen LogP contribution >= 0.6 is 15.9 Å². The highest BCUT2D eigenvalue weighted by Crippen LogP contribution is 2.38. The lowest BCUT2D eigenvalue weighted by atomic mass is 10.2. The zero-order valence-electron chi connectivity index (χ0n) is 6.40. The van der Waals surface area contributed by atoms with Crippen molar-refractivity contribution in [1.82, 2.24) is 0 Å². The molecule has 0 N–H and O–H groups in total. The molecule has 0 spiro atoms. The molecule has 0 saturated heterocycles. The van der Waals surface area contributed by atoms with Gasteiger partial charge in [-0.15, -0.1) is 0 Å². The maximum atomic E-state index is 12.9. The number of benzene rings is 1. The van der Waals surface area contributed by atoms with Crippen LogP contribution in [0.15, 0.2) is 21.0 Å². The van der Waals surface area contributed by atoms with Crippen LogP contribution in [-0.2, 0) is 18.6 Å². The van der Waals surface area contributed by atoms with Gasteiger partial charge in [0.1, 0.15) is 5.82 Å². The summed E-state index contributed by atoms with van der Waals surface area (Å²) in [5.41, 5.74) is -1.35. The minimum Gasteiger partial charge on any atom is -0.206 e. The Bertz CT molecular complexity index is 377. The molecule has 1 aromatic carbocycles. The summed E-state index contributed by atoms with van der Waals surface area (Å²) in [6.45, 7) is 0. The normalized spacial score (nSPS) is 11.5. The van der Waals surface area contributed by atoms with Gasteiger partial charge in [0.15, 0.2) is 0 Å². The van der Waals surface area contributed by atoms with E-state index < -0.39 is 22.0 Å². The van der Waals surface area contributed by atoms with Crippen LogP contribution in [0.3, 0.4) is 0 Å². The Hall–Kier alpha value is -0.560. The van der Waals surface area contributed by atoms with Crippen LogP contribution in [-0.4, -0.2) is 0 Å². The van der Waals surface area contributed by atoms with Gasteiger partial charge in [-0.2, -0.15) is 17.5 Å². The molecule has 1 rings (SSSR count). The van der Waals surface area contributed by atoms with Crippen molar-refractivity contribution in [2.24, 2.45) is 4.36 Å². The summed E-state index contributed by atoms with van der Waals surface area (Å²) in [5, 5.41) is 0. The fourth-order valence-corrected chi connectivity index (χ4v) is 1.39. The smallest absolute Gasteiger partial charge is 0.206 e. The molecule has 0 heterocycles. The van der Waals surface area contributed by atoms with E-state index in [0.29, 0.717) is 6.07 Å². The van der Waals surface area contributed by atoms with Gasteiger partial charge in [-0.05, 0) is 22.0 Å². The first-order valence-corrected chi connectivity index (χ1v) is 4.41. The molecule has 0 saturated carbocycles. The Morgan fingerprint density at radius 3 is 2.29 bits per heavy atom. The molecule has 0 unspecified atom stereocenters. The molecule has 14 heavy (non-hydrogen) atoms. The van der Waals surface area contributed by atoms with E-state index in [2.05, 4.69) is 32.7 Å². The Labute approximate surface area is 90.4 Å². The quantitative estimate of drug-likeness (QED) is 0.712. The van der Waals surface area contributed by atoms with E-state index >= 15 is 0 Å². The second-order valence-corrected chi connectivity index (χ2v) is 3.35. The largest absolute Gasteiger partial charge is 0.417 e. The van der Waals surface area contributed by atoms with Gasteiger partial charge in [0.25, 0.3) is 0 Å². The van der Waals surface area contributed by atoms with Crippen molar-refractivity contribution in [2.45, 2.75) is 6.18 Å². The summed E-state index contributed by atoms with van der Waals surface area (Å²) in [4.78, 5) is 0. The highest BCUT2D eigenvalue weighted by atomic mass is 79.9. The second-order valence-electron chi connectivity index (χ2n) is 2.38. The van der Waals surface area contributed by atoms with E-state index in [1.54, 1.807) is 0 Å². The Morgan fingerprint density at radius 2 is 1.86 bits per heavy atom. The van der Waals surface area contributed by atoms with Crippen molar-refractivity contribution in [3.63, 3.8) is 0 Å². The summed E-state index contributed by atoms with van der Waals surface area (Å²) in [6.07, 6.45) is -4.63. The fraction of sp³-hybridized carbons (Fsp3) is 0.143. The Kier molecular flexibility index (Phi) is 3.20. The molecular weight excluding hydrogens is 286 g/mol. The maximum absolute atomic E-state index is 12.9. The molecule has 0 radical (unpaired) electrons. The number of hydrogen-bond donors (Lipinski definition) is 0. The van der Waals surface area contributed by atoms with Crippen LogP contribution < -0.4 is 0 Å². The molecule has 76 valence electrons. The van der Waals surface area contributed by atoms with E-state index in [1.165, 1.54) is 0 Å². The standard InChI is InChI=1S/C7H2BrF4NS/c8-6-4(7(10,11)12)1-3(13-14)2-5(6)9/h1-2H. The van der Waals surface area contributed by atoms with Gasteiger partial charge in [0.05, 0.1) is 15.7 Å². The van der Waals surface area contributed by atoms with Crippen LogP contribution in [0.1, 0.15) is 5.56 Å². The molecule has 0 aliphatic rings. The average molecular weight is 288 g/mol. The summed E-state index contributed by atoms with van der Waals surface area (Å²) >= 11 is 6.69. The van der Waals surface area contributed by atoms with Crippen molar-refractivity contribution < 1.29 is 17.6 Å². The first-order valence-electron chi connectivity index (χ1n) is 3.26. The number of hydrogen-bond acceptors (Lipinski definition) is 2. The van der Waals surface area contributed by atoms with Crippen LogP contribution in [0.2, 0.25) is 0 Å². The minimum atomic E-state index is -4.63.